The number of aryl methyl sites for hydroxylation is 1. The first-order valence-electron chi connectivity index (χ1n) is 10.2. The van der Waals surface area contributed by atoms with Crippen molar-refractivity contribution in [3.63, 3.8) is 0 Å². The second-order valence-electron chi connectivity index (χ2n) is 8.49. The maximum Gasteiger partial charge on any atom is 0.408 e. The number of nitrogens with zero attached hydrogens (tertiary/aromatic N) is 1. The normalized spacial score (nSPS) is 13.4. The van der Waals surface area contributed by atoms with Gasteiger partial charge < -0.3 is 20.3 Å². The van der Waals surface area contributed by atoms with Crippen molar-refractivity contribution in [3.8, 4) is 0 Å². The van der Waals surface area contributed by atoms with Gasteiger partial charge in [-0.25, -0.2) is 4.79 Å². The number of carbonyl (C=O) groups excluding carboxylic acids is 3. The van der Waals surface area contributed by atoms with Gasteiger partial charge in [0.25, 0.3) is 0 Å². The average molecular weight is 438 g/mol. The lowest BCUT2D eigenvalue weighted by molar-refractivity contribution is -0.142. The molecule has 2 unspecified atom stereocenters. The van der Waals surface area contributed by atoms with Crippen molar-refractivity contribution in [3.05, 3.63) is 35.4 Å². The van der Waals surface area contributed by atoms with Gasteiger partial charge in [0.1, 0.15) is 17.7 Å². The van der Waals surface area contributed by atoms with E-state index < -0.39 is 29.7 Å². The molecule has 0 heterocycles. The van der Waals surface area contributed by atoms with E-state index in [-0.39, 0.29) is 24.2 Å². The standard InChI is InChI=1S/C22H35N3O4S/c1-8-25(20(27)17(13-30)24-21(28)29-22(5,6)7)18(19(26)23-14(2)3)16-11-9-10-15(4)12-16/h9-12,14,17-18,30H,8,13H2,1-7H3,(H,23,26)(H,24,28). The van der Waals surface area contributed by atoms with Crippen LogP contribution in [-0.2, 0) is 14.3 Å². The minimum Gasteiger partial charge on any atom is -0.444 e. The van der Waals surface area contributed by atoms with Crippen LogP contribution in [0.3, 0.4) is 0 Å². The minimum absolute atomic E-state index is 0.0704. The van der Waals surface area contributed by atoms with Crippen LogP contribution in [0.4, 0.5) is 4.79 Å². The summed E-state index contributed by atoms with van der Waals surface area (Å²) in [6.07, 6.45) is -0.704. The van der Waals surface area contributed by atoms with Gasteiger partial charge in [-0.05, 0) is 54.0 Å². The lowest BCUT2D eigenvalue weighted by Gasteiger charge is -2.34. The number of carbonyl (C=O) groups is 3. The molecule has 168 valence electrons. The second-order valence-corrected chi connectivity index (χ2v) is 8.85. The third-order valence-electron chi connectivity index (χ3n) is 4.14. The molecule has 0 radical (unpaired) electrons. The highest BCUT2D eigenvalue weighted by atomic mass is 32.1. The van der Waals surface area contributed by atoms with E-state index in [2.05, 4.69) is 23.3 Å². The summed E-state index contributed by atoms with van der Waals surface area (Å²) < 4.78 is 5.26. The molecule has 0 bridgehead atoms. The largest absolute Gasteiger partial charge is 0.444 e. The minimum atomic E-state index is -0.928. The molecule has 1 aromatic carbocycles. The Hall–Kier alpha value is -2.22. The summed E-state index contributed by atoms with van der Waals surface area (Å²) >= 11 is 4.24. The Balaban J connectivity index is 3.22. The molecule has 1 rings (SSSR count). The molecule has 0 fully saturated rings. The van der Waals surface area contributed by atoms with Crippen LogP contribution in [0.5, 0.6) is 0 Å². The van der Waals surface area contributed by atoms with Crippen molar-refractivity contribution in [1.29, 1.82) is 0 Å². The fourth-order valence-electron chi connectivity index (χ4n) is 2.98. The number of rotatable bonds is 8. The number of amides is 3. The molecule has 1 aromatic rings. The molecule has 0 aliphatic heterocycles. The number of thiol groups is 1. The fourth-order valence-corrected chi connectivity index (χ4v) is 3.23. The molecule has 7 nitrogen and oxygen atoms in total. The number of likely N-dealkylation sites (N-methyl/N-ethyl adjacent to an activating group) is 1. The zero-order valence-corrected chi connectivity index (χ0v) is 19.9. The van der Waals surface area contributed by atoms with E-state index in [0.717, 1.165) is 5.56 Å². The van der Waals surface area contributed by atoms with Crippen molar-refractivity contribution < 1.29 is 19.1 Å². The number of hydrogen-bond donors (Lipinski definition) is 3. The number of hydrogen-bond acceptors (Lipinski definition) is 5. The zero-order valence-electron chi connectivity index (χ0n) is 19.0. The van der Waals surface area contributed by atoms with Gasteiger partial charge >= 0.3 is 6.09 Å². The van der Waals surface area contributed by atoms with Crippen LogP contribution in [0.1, 0.15) is 58.7 Å². The molecule has 0 aliphatic carbocycles. The first kappa shape index (κ1) is 25.8. The van der Waals surface area contributed by atoms with Gasteiger partial charge in [0, 0.05) is 18.3 Å². The smallest absolute Gasteiger partial charge is 0.408 e. The molecule has 8 heteroatoms. The fraction of sp³-hybridized carbons (Fsp3) is 0.591. The third-order valence-corrected chi connectivity index (χ3v) is 4.51. The highest BCUT2D eigenvalue weighted by Crippen LogP contribution is 2.23. The summed E-state index contributed by atoms with van der Waals surface area (Å²) in [6, 6.07) is 5.66. The van der Waals surface area contributed by atoms with Crippen LogP contribution in [0, 0.1) is 6.92 Å². The maximum atomic E-state index is 13.3. The van der Waals surface area contributed by atoms with E-state index in [4.69, 9.17) is 4.74 Å². The highest BCUT2D eigenvalue weighted by molar-refractivity contribution is 7.80. The van der Waals surface area contributed by atoms with Crippen LogP contribution in [0.2, 0.25) is 0 Å². The first-order valence-corrected chi connectivity index (χ1v) is 10.8. The number of alkyl carbamates (subject to hydrolysis) is 1. The Morgan fingerprint density at radius 3 is 2.27 bits per heavy atom. The van der Waals surface area contributed by atoms with Gasteiger partial charge in [-0.1, -0.05) is 29.8 Å². The summed E-state index contributed by atoms with van der Waals surface area (Å²) in [5.41, 5.74) is 0.995. The lowest BCUT2D eigenvalue weighted by Crippen LogP contribution is -2.54. The predicted molar refractivity (Wildman–Crippen MR) is 122 cm³/mol. The zero-order chi connectivity index (χ0) is 23.1. The molecule has 0 saturated heterocycles. The SMILES string of the molecule is CCN(C(=O)C(CS)NC(=O)OC(C)(C)C)C(C(=O)NC(C)C)c1cccc(C)c1. The Kier molecular flexibility index (Phi) is 9.68. The third kappa shape index (κ3) is 7.89. The molecule has 3 amide bonds. The van der Waals surface area contributed by atoms with Crippen LogP contribution in [0.15, 0.2) is 24.3 Å². The summed E-state index contributed by atoms with van der Waals surface area (Å²) in [5, 5.41) is 5.47. The van der Waals surface area contributed by atoms with Crippen molar-refractivity contribution in [2.24, 2.45) is 0 Å². The van der Waals surface area contributed by atoms with Crippen molar-refractivity contribution in [1.82, 2.24) is 15.5 Å². The Morgan fingerprint density at radius 1 is 1.17 bits per heavy atom. The van der Waals surface area contributed by atoms with Crippen LogP contribution < -0.4 is 10.6 Å². The highest BCUT2D eigenvalue weighted by Gasteiger charge is 2.35. The van der Waals surface area contributed by atoms with E-state index >= 15 is 0 Å². The van der Waals surface area contributed by atoms with E-state index in [1.54, 1.807) is 27.7 Å². The van der Waals surface area contributed by atoms with E-state index in [9.17, 15) is 14.4 Å². The summed E-state index contributed by atoms with van der Waals surface area (Å²) in [4.78, 5) is 40.0. The molecular formula is C22H35N3O4S. The van der Waals surface area contributed by atoms with Crippen molar-refractivity contribution >= 4 is 30.5 Å². The van der Waals surface area contributed by atoms with Crippen molar-refractivity contribution in [2.45, 2.75) is 72.2 Å². The van der Waals surface area contributed by atoms with E-state index in [0.29, 0.717) is 5.56 Å². The summed E-state index contributed by atoms with van der Waals surface area (Å²) in [6.45, 7) is 13.0. The Labute approximate surface area is 185 Å². The van der Waals surface area contributed by atoms with Gasteiger partial charge in [0.2, 0.25) is 11.8 Å². The topological polar surface area (TPSA) is 87.7 Å². The van der Waals surface area contributed by atoms with Gasteiger partial charge in [-0.3, -0.25) is 9.59 Å². The molecule has 0 spiro atoms. The quantitative estimate of drug-likeness (QED) is 0.545. The Morgan fingerprint density at radius 2 is 1.80 bits per heavy atom. The van der Waals surface area contributed by atoms with Gasteiger partial charge in [0.05, 0.1) is 0 Å². The molecule has 0 saturated carbocycles. The van der Waals surface area contributed by atoms with Gasteiger partial charge in [0.15, 0.2) is 0 Å². The molecule has 0 aromatic heterocycles. The number of nitrogens with one attached hydrogen (secondary N) is 2. The van der Waals surface area contributed by atoms with E-state index in [1.165, 1.54) is 4.90 Å². The van der Waals surface area contributed by atoms with Gasteiger partial charge in [-0.2, -0.15) is 12.6 Å². The average Bonchev–Trinajstić information content (AvgIpc) is 2.61. The second kappa shape index (κ2) is 11.2. The van der Waals surface area contributed by atoms with Crippen LogP contribution >= 0.6 is 12.6 Å². The number of ether oxygens (including phenoxy) is 1. The predicted octanol–water partition coefficient (Wildman–Crippen LogP) is 3.23. The van der Waals surface area contributed by atoms with Gasteiger partial charge in [-0.15, -0.1) is 0 Å². The van der Waals surface area contributed by atoms with E-state index in [1.807, 2.05) is 45.0 Å². The first-order chi connectivity index (χ1) is 13.9. The number of benzene rings is 1. The lowest BCUT2D eigenvalue weighted by atomic mass is 10.0. The van der Waals surface area contributed by atoms with Crippen LogP contribution in [-0.4, -0.2) is 52.8 Å². The molecule has 2 atom stereocenters. The van der Waals surface area contributed by atoms with Crippen LogP contribution in [0.25, 0.3) is 0 Å². The maximum absolute atomic E-state index is 13.3. The molecule has 0 aliphatic rings. The van der Waals surface area contributed by atoms with Crippen molar-refractivity contribution in [2.75, 3.05) is 12.3 Å². The molecule has 30 heavy (non-hydrogen) atoms. The monoisotopic (exact) mass is 437 g/mol. The molecular weight excluding hydrogens is 402 g/mol. The summed E-state index contributed by atoms with van der Waals surface area (Å²) in [7, 11) is 0. The summed E-state index contributed by atoms with van der Waals surface area (Å²) in [5.74, 6) is -0.606. The molecule has 2 N–H and O–H groups in total. The Bertz CT molecular complexity index is 746.